The number of ether oxygens (including phenoxy) is 3. The second kappa shape index (κ2) is 7.48. The maximum absolute atomic E-state index is 12.4. The van der Waals surface area contributed by atoms with Crippen LogP contribution in [-0.2, 0) is 10.5 Å². The highest BCUT2D eigenvalue weighted by Crippen LogP contribution is 2.35. The summed E-state index contributed by atoms with van der Waals surface area (Å²) in [5.41, 5.74) is 0.826. The van der Waals surface area contributed by atoms with E-state index in [4.69, 9.17) is 14.2 Å². The average Bonchev–Trinajstić information content (AvgIpc) is 3.23. The maximum Gasteiger partial charge on any atom is 0.324 e. The number of thioether (sulfide) groups is 1. The minimum atomic E-state index is -0.432. The molecular formula is C19H18N2O5S2. The number of esters is 1. The van der Waals surface area contributed by atoms with E-state index in [1.54, 1.807) is 25.1 Å². The highest BCUT2D eigenvalue weighted by Gasteiger charge is 2.20. The number of carbonyl (C=O) groups excluding carboxylic acids is 1. The van der Waals surface area contributed by atoms with Crippen molar-refractivity contribution >= 4 is 39.3 Å². The summed E-state index contributed by atoms with van der Waals surface area (Å²) in [6.45, 7) is 5.82. The topological polar surface area (TPSA) is 90.5 Å². The van der Waals surface area contributed by atoms with Gasteiger partial charge < -0.3 is 19.2 Å². The zero-order valence-corrected chi connectivity index (χ0v) is 17.2. The molecule has 28 heavy (non-hydrogen) atoms. The number of fused-ring (bicyclic) bond motifs is 2. The fourth-order valence-electron chi connectivity index (χ4n) is 2.78. The van der Waals surface area contributed by atoms with Crippen molar-refractivity contribution in [2.24, 2.45) is 0 Å². The third kappa shape index (κ3) is 3.59. The van der Waals surface area contributed by atoms with Crippen LogP contribution in [0.1, 0.15) is 23.2 Å². The largest absolute Gasteiger partial charge is 0.454 e. The van der Waals surface area contributed by atoms with Crippen LogP contribution >= 0.6 is 23.1 Å². The molecule has 1 N–H and O–H groups in total. The van der Waals surface area contributed by atoms with Crippen molar-refractivity contribution in [1.82, 2.24) is 9.97 Å². The smallest absolute Gasteiger partial charge is 0.324 e. The molecule has 0 fully saturated rings. The minimum Gasteiger partial charge on any atom is -0.454 e. The lowest BCUT2D eigenvalue weighted by molar-refractivity contribution is -0.133. The van der Waals surface area contributed by atoms with Gasteiger partial charge in [-0.2, -0.15) is 0 Å². The molecule has 0 saturated heterocycles. The lowest BCUT2D eigenvalue weighted by Crippen LogP contribution is -2.20. The number of thiophene rings is 1. The van der Waals surface area contributed by atoms with Gasteiger partial charge >= 0.3 is 5.97 Å². The number of nitrogens with one attached hydrogen (secondary N) is 1. The Hall–Kier alpha value is -2.52. The van der Waals surface area contributed by atoms with Gasteiger partial charge in [0, 0.05) is 10.9 Å². The Labute approximate surface area is 169 Å². The summed E-state index contributed by atoms with van der Waals surface area (Å²) >= 11 is 2.86. The molecular weight excluding hydrogens is 400 g/mol. The van der Waals surface area contributed by atoms with Crippen LogP contribution in [0.5, 0.6) is 17.2 Å². The summed E-state index contributed by atoms with van der Waals surface area (Å²) in [6.07, 6.45) is 0. The number of hydrogen-bond donors (Lipinski definition) is 1. The fourth-order valence-corrected chi connectivity index (χ4v) is 4.56. The van der Waals surface area contributed by atoms with Gasteiger partial charge in [0.15, 0.2) is 11.5 Å². The molecule has 0 saturated carbocycles. The van der Waals surface area contributed by atoms with E-state index < -0.39 is 5.25 Å². The van der Waals surface area contributed by atoms with Crippen molar-refractivity contribution in [2.45, 2.75) is 31.8 Å². The van der Waals surface area contributed by atoms with Crippen molar-refractivity contribution < 1.29 is 19.0 Å². The van der Waals surface area contributed by atoms with E-state index in [1.165, 1.54) is 23.1 Å². The lowest BCUT2D eigenvalue weighted by atomic mass is 10.2. The van der Waals surface area contributed by atoms with Gasteiger partial charge in [-0.25, -0.2) is 4.98 Å². The molecule has 146 valence electrons. The Balaban J connectivity index is 1.41. The summed E-state index contributed by atoms with van der Waals surface area (Å²) in [7, 11) is 0. The zero-order chi connectivity index (χ0) is 19.8. The van der Waals surface area contributed by atoms with E-state index in [0.29, 0.717) is 34.2 Å². The van der Waals surface area contributed by atoms with Gasteiger partial charge in [-0.15, -0.1) is 23.1 Å². The lowest BCUT2D eigenvalue weighted by Gasteiger charge is -2.11. The van der Waals surface area contributed by atoms with E-state index >= 15 is 0 Å². The Morgan fingerprint density at radius 1 is 1.36 bits per heavy atom. The predicted molar refractivity (Wildman–Crippen MR) is 109 cm³/mol. The first-order valence-corrected chi connectivity index (χ1v) is 10.5. The SMILES string of the molecule is Cc1sc2nc(CS[C@@H](C)C(=O)Oc3ccc4c(c3)OCO4)[nH]c(=O)c2c1C. The Morgan fingerprint density at radius 2 is 2.14 bits per heavy atom. The van der Waals surface area contributed by atoms with Crippen molar-refractivity contribution in [2.75, 3.05) is 6.79 Å². The summed E-state index contributed by atoms with van der Waals surface area (Å²) in [4.78, 5) is 33.8. The number of benzene rings is 1. The first kappa shape index (κ1) is 18.8. The molecule has 0 radical (unpaired) electrons. The third-order valence-electron chi connectivity index (χ3n) is 4.45. The fraction of sp³-hybridized carbons (Fsp3) is 0.316. The van der Waals surface area contributed by atoms with E-state index in [2.05, 4.69) is 9.97 Å². The summed E-state index contributed by atoms with van der Waals surface area (Å²) in [5, 5.41) is 0.213. The van der Waals surface area contributed by atoms with Gasteiger partial charge in [0.1, 0.15) is 21.7 Å². The van der Waals surface area contributed by atoms with Gasteiger partial charge in [-0.3, -0.25) is 9.59 Å². The number of nitrogens with zero attached hydrogens (tertiary/aromatic N) is 1. The molecule has 3 aromatic rings. The average molecular weight is 418 g/mol. The molecule has 0 spiro atoms. The summed E-state index contributed by atoms with van der Waals surface area (Å²) in [5.74, 6) is 2.16. The van der Waals surface area contributed by atoms with E-state index in [1.807, 2.05) is 13.8 Å². The molecule has 1 aliphatic heterocycles. The summed E-state index contributed by atoms with van der Waals surface area (Å²) < 4.78 is 15.9. The number of aryl methyl sites for hydroxylation is 2. The first-order valence-electron chi connectivity index (χ1n) is 8.64. The van der Waals surface area contributed by atoms with Gasteiger partial charge in [0.05, 0.1) is 11.1 Å². The highest BCUT2D eigenvalue weighted by atomic mass is 32.2. The standard InChI is InChI=1S/C19H18N2O5S2/c1-9-10(2)28-18-16(9)17(22)20-15(21-18)7-27-11(3)19(23)26-12-4-5-13-14(6-12)25-8-24-13/h4-6,11H,7-8H2,1-3H3,(H,20,21,22)/t11-/m0/s1. The molecule has 1 aliphatic rings. The van der Waals surface area contributed by atoms with Gasteiger partial charge in [-0.05, 0) is 38.5 Å². The molecule has 0 aliphatic carbocycles. The van der Waals surface area contributed by atoms with Gasteiger partial charge in [0.25, 0.3) is 5.56 Å². The zero-order valence-electron chi connectivity index (χ0n) is 15.5. The molecule has 0 amide bonds. The number of aromatic nitrogens is 2. The van der Waals surface area contributed by atoms with Crippen molar-refractivity contribution in [3.05, 3.63) is 44.8 Å². The Kier molecular flexibility index (Phi) is 5.03. The molecule has 1 atom stereocenters. The number of hydrogen-bond acceptors (Lipinski definition) is 8. The Bertz CT molecular complexity index is 1120. The molecule has 7 nitrogen and oxygen atoms in total. The van der Waals surface area contributed by atoms with Crippen molar-refractivity contribution in [3.8, 4) is 17.2 Å². The first-order chi connectivity index (χ1) is 13.4. The number of carbonyl (C=O) groups is 1. The van der Waals surface area contributed by atoms with Crippen LogP contribution in [0.3, 0.4) is 0 Å². The Morgan fingerprint density at radius 3 is 2.96 bits per heavy atom. The normalized spacial score (nSPS) is 13.7. The molecule has 0 unspecified atom stereocenters. The van der Waals surface area contributed by atoms with E-state index in [0.717, 1.165) is 15.3 Å². The van der Waals surface area contributed by atoms with Crippen LogP contribution in [0, 0.1) is 13.8 Å². The molecule has 4 rings (SSSR count). The van der Waals surface area contributed by atoms with Gasteiger partial charge in [-0.1, -0.05) is 0 Å². The second-order valence-corrected chi connectivity index (χ2v) is 8.90. The summed E-state index contributed by atoms with van der Waals surface area (Å²) in [6, 6.07) is 5.00. The quantitative estimate of drug-likeness (QED) is 0.500. The van der Waals surface area contributed by atoms with Crippen molar-refractivity contribution in [3.63, 3.8) is 0 Å². The highest BCUT2D eigenvalue weighted by molar-refractivity contribution is 7.99. The maximum atomic E-state index is 12.4. The van der Waals surface area contributed by atoms with E-state index in [9.17, 15) is 9.59 Å². The van der Waals surface area contributed by atoms with Crippen molar-refractivity contribution in [1.29, 1.82) is 0 Å². The molecule has 9 heteroatoms. The van der Waals surface area contributed by atoms with Crippen LogP contribution in [0.25, 0.3) is 10.2 Å². The second-order valence-electron chi connectivity index (χ2n) is 6.37. The van der Waals surface area contributed by atoms with E-state index in [-0.39, 0.29) is 18.3 Å². The molecule has 1 aromatic carbocycles. The van der Waals surface area contributed by atoms with Crippen LogP contribution in [0.4, 0.5) is 0 Å². The minimum absolute atomic E-state index is 0.141. The molecule has 3 heterocycles. The van der Waals surface area contributed by atoms with Crippen LogP contribution in [0.15, 0.2) is 23.0 Å². The van der Waals surface area contributed by atoms with Gasteiger partial charge in [0.2, 0.25) is 6.79 Å². The monoisotopic (exact) mass is 418 g/mol. The van der Waals surface area contributed by atoms with Crippen LogP contribution < -0.4 is 19.8 Å². The predicted octanol–water partition coefficient (Wildman–Crippen LogP) is 3.56. The third-order valence-corrected chi connectivity index (χ3v) is 6.69. The van der Waals surface area contributed by atoms with Crippen LogP contribution in [0.2, 0.25) is 0 Å². The van der Waals surface area contributed by atoms with Crippen LogP contribution in [-0.4, -0.2) is 28.0 Å². The molecule has 2 aromatic heterocycles. The number of aromatic amines is 1. The number of rotatable bonds is 5. The number of H-pyrrole nitrogens is 1. The molecule has 0 bridgehead atoms.